The molecule has 6 heteroatoms. The Bertz CT molecular complexity index is 146. The Hall–Kier alpha value is -0.910. The number of rotatable bonds is 3. The first-order chi connectivity index (χ1) is 5.56. The molecule has 0 radical (unpaired) electrons. The van der Waals surface area contributed by atoms with Crippen molar-refractivity contribution in [2.75, 3.05) is 6.54 Å². The number of nitrogens with zero attached hydrogens (tertiary/aromatic N) is 1. The lowest BCUT2D eigenvalue weighted by molar-refractivity contribution is 0.158. The van der Waals surface area contributed by atoms with Gasteiger partial charge in [-0.05, 0) is 13.8 Å². The van der Waals surface area contributed by atoms with Gasteiger partial charge in [-0.1, -0.05) is 0 Å². The molecule has 72 valence electrons. The zero-order valence-corrected chi connectivity index (χ0v) is 7.14. The van der Waals surface area contributed by atoms with Gasteiger partial charge in [0.2, 0.25) is 5.96 Å². The summed E-state index contributed by atoms with van der Waals surface area (Å²) in [6.07, 6.45) is -2.44. The van der Waals surface area contributed by atoms with Gasteiger partial charge in [-0.25, -0.2) is 19.6 Å². The summed E-state index contributed by atoms with van der Waals surface area (Å²) in [5.41, 5.74) is 2.19. The number of nitrogens with two attached hydrogens (primary N) is 1. The SMILES string of the molecule is CC(C)NC(=NCC(F)F)NN. The lowest BCUT2D eigenvalue weighted by atomic mass is 10.4. The van der Waals surface area contributed by atoms with Crippen LogP contribution in [0.25, 0.3) is 0 Å². The van der Waals surface area contributed by atoms with Gasteiger partial charge in [0.05, 0.1) is 0 Å². The van der Waals surface area contributed by atoms with E-state index in [9.17, 15) is 8.78 Å². The maximum atomic E-state index is 11.7. The Morgan fingerprint density at radius 3 is 2.42 bits per heavy atom. The van der Waals surface area contributed by atoms with Crippen molar-refractivity contribution < 1.29 is 8.78 Å². The zero-order valence-electron chi connectivity index (χ0n) is 7.14. The fourth-order valence-corrected chi connectivity index (χ4v) is 0.567. The van der Waals surface area contributed by atoms with Crippen LogP contribution < -0.4 is 16.6 Å². The number of halogens is 2. The second-order valence-corrected chi connectivity index (χ2v) is 2.52. The third-order valence-corrected chi connectivity index (χ3v) is 0.950. The van der Waals surface area contributed by atoms with Crippen LogP contribution in [-0.4, -0.2) is 25.0 Å². The Labute approximate surface area is 70.2 Å². The van der Waals surface area contributed by atoms with E-state index >= 15 is 0 Å². The van der Waals surface area contributed by atoms with Crippen molar-refractivity contribution in [2.45, 2.75) is 26.3 Å². The van der Waals surface area contributed by atoms with E-state index in [1.165, 1.54) is 0 Å². The Morgan fingerprint density at radius 2 is 2.08 bits per heavy atom. The third kappa shape index (κ3) is 5.84. The summed E-state index contributed by atoms with van der Waals surface area (Å²) in [6.45, 7) is 3.17. The Kier molecular flexibility index (Phi) is 5.27. The molecule has 0 unspecified atom stereocenters. The smallest absolute Gasteiger partial charge is 0.257 e. The number of hydrogen-bond acceptors (Lipinski definition) is 2. The molecule has 0 saturated carbocycles. The predicted octanol–water partition coefficient (Wildman–Crippen LogP) is 0.0688. The van der Waals surface area contributed by atoms with Gasteiger partial charge in [0.15, 0.2) is 0 Å². The summed E-state index contributed by atoms with van der Waals surface area (Å²) in [4.78, 5) is 3.50. The molecular weight excluding hydrogens is 166 g/mol. The van der Waals surface area contributed by atoms with Crippen molar-refractivity contribution in [3.05, 3.63) is 0 Å². The number of alkyl halides is 2. The zero-order chi connectivity index (χ0) is 9.56. The van der Waals surface area contributed by atoms with E-state index in [0.29, 0.717) is 0 Å². The number of guanidine groups is 1. The summed E-state index contributed by atoms with van der Waals surface area (Å²) in [5.74, 6) is 5.20. The van der Waals surface area contributed by atoms with E-state index in [4.69, 9.17) is 5.84 Å². The van der Waals surface area contributed by atoms with Gasteiger partial charge in [-0.15, -0.1) is 0 Å². The quantitative estimate of drug-likeness (QED) is 0.249. The highest BCUT2D eigenvalue weighted by molar-refractivity contribution is 5.79. The molecule has 0 heterocycles. The fourth-order valence-electron chi connectivity index (χ4n) is 0.567. The minimum atomic E-state index is -2.44. The highest BCUT2D eigenvalue weighted by Crippen LogP contribution is 1.91. The van der Waals surface area contributed by atoms with E-state index in [-0.39, 0.29) is 12.0 Å². The first-order valence-electron chi connectivity index (χ1n) is 3.62. The first kappa shape index (κ1) is 11.1. The summed E-state index contributed by atoms with van der Waals surface area (Å²) < 4.78 is 23.3. The number of aliphatic imine (C=N–C) groups is 1. The molecule has 0 bridgehead atoms. The molecule has 0 aliphatic rings. The van der Waals surface area contributed by atoms with E-state index in [2.05, 4.69) is 15.7 Å². The molecule has 0 aromatic rings. The second-order valence-electron chi connectivity index (χ2n) is 2.52. The molecular formula is C6H14F2N4. The second kappa shape index (κ2) is 5.70. The van der Waals surface area contributed by atoms with Crippen LogP contribution in [0.4, 0.5) is 8.78 Å². The predicted molar refractivity (Wildman–Crippen MR) is 43.9 cm³/mol. The van der Waals surface area contributed by atoms with Crippen LogP contribution >= 0.6 is 0 Å². The van der Waals surface area contributed by atoms with Crippen LogP contribution in [0.1, 0.15) is 13.8 Å². The summed E-state index contributed by atoms with van der Waals surface area (Å²) >= 11 is 0. The average Bonchev–Trinajstić information content (AvgIpc) is 1.97. The van der Waals surface area contributed by atoms with Gasteiger partial charge in [-0.3, -0.25) is 5.43 Å². The van der Waals surface area contributed by atoms with Crippen LogP contribution in [0.2, 0.25) is 0 Å². The third-order valence-electron chi connectivity index (χ3n) is 0.950. The molecule has 4 nitrogen and oxygen atoms in total. The van der Waals surface area contributed by atoms with Crippen LogP contribution in [0.5, 0.6) is 0 Å². The summed E-state index contributed by atoms with van der Waals surface area (Å²) in [6, 6.07) is 0.109. The highest BCUT2D eigenvalue weighted by atomic mass is 19.3. The van der Waals surface area contributed by atoms with E-state index in [1.807, 2.05) is 13.8 Å². The van der Waals surface area contributed by atoms with E-state index in [0.717, 1.165) is 0 Å². The van der Waals surface area contributed by atoms with Gasteiger partial charge < -0.3 is 5.32 Å². The van der Waals surface area contributed by atoms with E-state index < -0.39 is 13.0 Å². The van der Waals surface area contributed by atoms with Crippen molar-refractivity contribution in [2.24, 2.45) is 10.8 Å². The molecule has 4 N–H and O–H groups in total. The first-order valence-corrected chi connectivity index (χ1v) is 3.62. The minimum Gasteiger partial charge on any atom is -0.353 e. The minimum absolute atomic E-state index is 0.109. The molecule has 0 saturated heterocycles. The van der Waals surface area contributed by atoms with Crippen LogP contribution in [0.3, 0.4) is 0 Å². The number of hydrazine groups is 1. The van der Waals surface area contributed by atoms with Crippen molar-refractivity contribution >= 4 is 5.96 Å². The van der Waals surface area contributed by atoms with Gasteiger partial charge in [0, 0.05) is 6.04 Å². The van der Waals surface area contributed by atoms with Crippen LogP contribution in [-0.2, 0) is 0 Å². The van der Waals surface area contributed by atoms with Crippen LogP contribution in [0, 0.1) is 0 Å². The summed E-state index contributed by atoms with van der Waals surface area (Å²) in [5, 5.41) is 2.77. The number of hydrogen-bond donors (Lipinski definition) is 3. The maximum absolute atomic E-state index is 11.7. The monoisotopic (exact) mass is 180 g/mol. The Balaban J connectivity index is 3.87. The average molecular weight is 180 g/mol. The highest BCUT2D eigenvalue weighted by Gasteiger charge is 2.02. The standard InChI is InChI=1S/C6H14F2N4/c1-4(2)11-6(12-9)10-3-5(7)8/h4-5H,3,9H2,1-2H3,(H2,10,11,12). The molecule has 0 fully saturated rings. The van der Waals surface area contributed by atoms with Crippen molar-refractivity contribution in [1.29, 1.82) is 0 Å². The van der Waals surface area contributed by atoms with Gasteiger partial charge in [0.25, 0.3) is 6.43 Å². The van der Waals surface area contributed by atoms with Gasteiger partial charge in [0.1, 0.15) is 6.54 Å². The van der Waals surface area contributed by atoms with Gasteiger partial charge >= 0.3 is 0 Å². The molecule has 0 atom stereocenters. The largest absolute Gasteiger partial charge is 0.353 e. The molecule has 0 amide bonds. The maximum Gasteiger partial charge on any atom is 0.257 e. The number of nitrogens with one attached hydrogen (secondary N) is 2. The molecule has 0 rings (SSSR count). The molecule has 12 heavy (non-hydrogen) atoms. The van der Waals surface area contributed by atoms with Crippen LogP contribution in [0.15, 0.2) is 4.99 Å². The lowest BCUT2D eigenvalue weighted by Crippen LogP contribution is -2.44. The summed E-state index contributed by atoms with van der Waals surface area (Å²) in [7, 11) is 0. The molecule has 0 aromatic heterocycles. The lowest BCUT2D eigenvalue weighted by Gasteiger charge is -2.11. The van der Waals surface area contributed by atoms with Crippen molar-refractivity contribution in [3.8, 4) is 0 Å². The molecule has 0 aromatic carbocycles. The van der Waals surface area contributed by atoms with Crippen molar-refractivity contribution in [3.63, 3.8) is 0 Å². The molecule has 0 spiro atoms. The topological polar surface area (TPSA) is 62.4 Å². The normalized spacial score (nSPS) is 12.4. The Morgan fingerprint density at radius 1 is 1.50 bits per heavy atom. The molecule has 0 aliphatic carbocycles. The van der Waals surface area contributed by atoms with Gasteiger partial charge in [-0.2, -0.15) is 0 Å². The van der Waals surface area contributed by atoms with Crippen molar-refractivity contribution in [1.82, 2.24) is 10.7 Å². The fraction of sp³-hybridized carbons (Fsp3) is 0.833. The van der Waals surface area contributed by atoms with E-state index in [1.54, 1.807) is 0 Å². The molecule has 0 aliphatic heterocycles.